The number of hydrogen-bond acceptors (Lipinski definition) is 5. The molecule has 0 saturated heterocycles. The van der Waals surface area contributed by atoms with Crippen molar-refractivity contribution in [2.24, 2.45) is 0 Å². The lowest BCUT2D eigenvalue weighted by atomic mass is 10.1. The van der Waals surface area contributed by atoms with Crippen molar-refractivity contribution in [3.05, 3.63) is 39.9 Å². The first kappa shape index (κ1) is 20.5. The van der Waals surface area contributed by atoms with E-state index in [1.54, 1.807) is 0 Å². The highest BCUT2D eigenvalue weighted by Crippen LogP contribution is 2.13. The molecule has 0 aliphatic carbocycles. The van der Waals surface area contributed by atoms with E-state index in [0.29, 0.717) is 12.2 Å². The molecule has 0 saturated carbocycles. The number of ether oxygens (including phenoxy) is 1. The highest BCUT2D eigenvalue weighted by Gasteiger charge is 2.10. The van der Waals surface area contributed by atoms with Gasteiger partial charge in [-0.15, -0.1) is 0 Å². The molecule has 0 radical (unpaired) electrons. The molecular weight excluding hydrogens is 326 g/mol. The molecule has 5 nitrogen and oxygen atoms in total. The van der Waals surface area contributed by atoms with Gasteiger partial charge in [-0.3, -0.25) is 10.1 Å². The number of non-ortho nitro benzene ring substituents is 1. The molecule has 0 aliphatic heterocycles. The minimum Gasteiger partial charge on any atom is -0.462 e. The molecule has 24 heavy (non-hydrogen) atoms. The molecular formula is C18H27NO4S. The summed E-state index contributed by atoms with van der Waals surface area (Å²) in [4.78, 5) is 21.9. The van der Waals surface area contributed by atoms with Gasteiger partial charge >= 0.3 is 5.97 Å². The normalized spacial score (nSPS) is 10.5. The summed E-state index contributed by atoms with van der Waals surface area (Å²) >= 11 is 4.20. The molecule has 0 fully saturated rings. The fourth-order valence-electron chi connectivity index (χ4n) is 2.42. The summed E-state index contributed by atoms with van der Waals surface area (Å²) in [5.74, 6) is 0.563. The minimum atomic E-state index is -0.491. The van der Waals surface area contributed by atoms with Crippen LogP contribution in [-0.2, 0) is 4.74 Å². The van der Waals surface area contributed by atoms with Gasteiger partial charge in [0.15, 0.2) is 0 Å². The van der Waals surface area contributed by atoms with Crippen molar-refractivity contribution in [3.8, 4) is 0 Å². The van der Waals surface area contributed by atoms with Crippen LogP contribution in [0.4, 0.5) is 5.69 Å². The summed E-state index contributed by atoms with van der Waals surface area (Å²) in [6, 6.07) is 5.47. The van der Waals surface area contributed by atoms with Crippen LogP contribution in [-0.4, -0.2) is 23.3 Å². The Morgan fingerprint density at radius 2 is 1.42 bits per heavy atom. The maximum absolute atomic E-state index is 11.8. The summed E-state index contributed by atoms with van der Waals surface area (Å²) in [5.41, 5.74) is 0.319. The summed E-state index contributed by atoms with van der Waals surface area (Å²) in [6.07, 6.45) is 10.7. The van der Waals surface area contributed by atoms with Crippen molar-refractivity contribution in [1.29, 1.82) is 0 Å². The number of esters is 1. The molecule has 1 rings (SSSR count). The number of carbonyl (C=O) groups excluding carboxylic acids is 1. The number of unbranched alkanes of at least 4 members (excludes halogenated alkanes) is 8. The van der Waals surface area contributed by atoms with Crippen LogP contribution in [0.15, 0.2) is 24.3 Å². The quantitative estimate of drug-likeness (QED) is 0.174. The topological polar surface area (TPSA) is 69.4 Å². The van der Waals surface area contributed by atoms with Crippen LogP contribution in [0.25, 0.3) is 0 Å². The van der Waals surface area contributed by atoms with E-state index in [4.69, 9.17) is 4.74 Å². The highest BCUT2D eigenvalue weighted by molar-refractivity contribution is 7.80. The number of nitro benzene ring substituents is 1. The molecule has 0 amide bonds. The number of thiol groups is 1. The Morgan fingerprint density at radius 3 is 1.92 bits per heavy atom. The molecule has 0 spiro atoms. The minimum absolute atomic E-state index is 0.0304. The Bertz CT molecular complexity index is 490. The largest absolute Gasteiger partial charge is 0.462 e. The average molecular weight is 353 g/mol. The predicted octanol–water partition coefficient (Wildman–Crippen LogP) is 5.19. The number of rotatable bonds is 13. The molecule has 0 bridgehead atoms. The molecule has 1 aromatic carbocycles. The Morgan fingerprint density at radius 1 is 0.917 bits per heavy atom. The van der Waals surface area contributed by atoms with Gasteiger partial charge < -0.3 is 4.74 Å². The molecule has 0 atom stereocenters. The van der Waals surface area contributed by atoms with E-state index in [-0.39, 0.29) is 5.69 Å². The van der Waals surface area contributed by atoms with E-state index in [9.17, 15) is 14.9 Å². The second-order valence-corrected chi connectivity index (χ2v) is 6.29. The van der Waals surface area contributed by atoms with E-state index in [2.05, 4.69) is 12.6 Å². The molecule has 1 aromatic rings. The second-order valence-electron chi connectivity index (χ2n) is 5.85. The summed E-state index contributed by atoms with van der Waals surface area (Å²) < 4.78 is 5.18. The number of benzene rings is 1. The fourth-order valence-corrected chi connectivity index (χ4v) is 2.64. The molecule has 0 aliphatic rings. The fraction of sp³-hybridized carbons (Fsp3) is 0.611. The lowest BCUT2D eigenvalue weighted by Gasteiger charge is -2.05. The van der Waals surface area contributed by atoms with Crippen molar-refractivity contribution in [3.63, 3.8) is 0 Å². The van der Waals surface area contributed by atoms with Crippen LogP contribution in [0.5, 0.6) is 0 Å². The summed E-state index contributed by atoms with van der Waals surface area (Å²) in [5, 5.41) is 10.6. The Balaban J connectivity index is 2.02. The smallest absolute Gasteiger partial charge is 0.338 e. The van der Waals surface area contributed by atoms with Gasteiger partial charge in [0.1, 0.15) is 0 Å². The highest BCUT2D eigenvalue weighted by atomic mass is 32.1. The second kappa shape index (κ2) is 12.8. The zero-order valence-corrected chi connectivity index (χ0v) is 15.0. The average Bonchev–Trinajstić information content (AvgIpc) is 2.59. The van der Waals surface area contributed by atoms with E-state index in [0.717, 1.165) is 18.6 Å². The number of carbonyl (C=O) groups is 1. The van der Waals surface area contributed by atoms with Crippen molar-refractivity contribution < 1.29 is 14.5 Å². The van der Waals surface area contributed by atoms with Crippen LogP contribution < -0.4 is 0 Å². The molecule has 0 unspecified atom stereocenters. The lowest BCUT2D eigenvalue weighted by molar-refractivity contribution is -0.384. The van der Waals surface area contributed by atoms with Crippen LogP contribution in [0.3, 0.4) is 0 Å². The summed E-state index contributed by atoms with van der Waals surface area (Å²) in [7, 11) is 0. The van der Waals surface area contributed by atoms with Crippen molar-refractivity contribution in [2.75, 3.05) is 12.4 Å². The van der Waals surface area contributed by atoms with E-state index in [1.807, 2.05) is 0 Å². The van der Waals surface area contributed by atoms with Gasteiger partial charge in [-0.1, -0.05) is 44.9 Å². The lowest BCUT2D eigenvalue weighted by Crippen LogP contribution is -2.06. The van der Waals surface area contributed by atoms with Crippen LogP contribution >= 0.6 is 12.6 Å². The first-order valence-electron chi connectivity index (χ1n) is 8.67. The number of nitro groups is 1. The van der Waals surface area contributed by atoms with Crippen molar-refractivity contribution >= 4 is 24.3 Å². The van der Waals surface area contributed by atoms with Gasteiger partial charge in [0.2, 0.25) is 0 Å². The molecule has 0 heterocycles. The summed E-state index contributed by atoms with van der Waals surface area (Å²) in [6.45, 7) is 0.401. The van der Waals surface area contributed by atoms with E-state index >= 15 is 0 Å². The van der Waals surface area contributed by atoms with Crippen LogP contribution in [0.2, 0.25) is 0 Å². The SMILES string of the molecule is O=C(OCCCCCCCCCCCS)c1ccc([N+](=O)[O-])cc1. The van der Waals surface area contributed by atoms with Crippen LogP contribution in [0.1, 0.15) is 68.1 Å². The van der Waals surface area contributed by atoms with Gasteiger partial charge in [-0.25, -0.2) is 4.79 Å². The van der Waals surface area contributed by atoms with E-state index in [1.165, 1.54) is 69.2 Å². The number of hydrogen-bond donors (Lipinski definition) is 1. The van der Waals surface area contributed by atoms with Crippen molar-refractivity contribution in [2.45, 2.75) is 57.8 Å². The first-order chi connectivity index (χ1) is 11.6. The maximum Gasteiger partial charge on any atom is 0.338 e. The number of nitrogens with zero attached hydrogens (tertiary/aromatic N) is 1. The van der Waals surface area contributed by atoms with E-state index < -0.39 is 10.9 Å². The van der Waals surface area contributed by atoms with Gasteiger partial charge in [-0.05, 0) is 30.7 Å². The monoisotopic (exact) mass is 353 g/mol. The standard InChI is InChI=1S/C18H27NO4S/c20-18(16-10-12-17(13-11-16)19(21)22)23-14-8-6-4-2-1-3-5-7-9-15-24/h10-13,24H,1-9,14-15H2. The van der Waals surface area contributed by atoms with Gasteiger partial charge in [-0.2, -0.15) is 12.6 Å². The molecule has 0 aromatic heterocycles. The zero-order valence-electron chi connectivity index (χ0n) is 14.1. The van der Waals surface area contributed by atoms with Gasteiger partial charge in [0.25, 0.3) is 5.69 Å². The van der Waals surface area contributed by atoms with Gasteiger partial charge in [0, 0.05) is 12.1 Å². The third-order valence-corrected chi connectivity index (χ3v) is 4.17. The van der Waals surface area contributed by atoms with Crippen molar-refractivity contribution in [1.82, 2.24) is 0 Å². The Hall–Kier alpha value is -1.56. The van der Waals surface area contributed by atoms with Gasteiger partial charge in [0.05, 0.1) is 17.1 Å². The Kier molecular flexibility index (Phi) is 10.9. The third-order valence-electron chi connectivity index (χ3n) is 3.85. The third kappa shape index (κ3) is 8.91. The van der Waals surface area contributed by atoms with Crippen LogP contribution in [0, 0.1) is 10.1 Å². The molecule has 6 heteroatoms. The first-order valence-corrected chi connectivity index (χ1v) is 9.31. The predicted molar refractivity (Wildman–Crippen MR) is 98.8 cm³/mol. The Labute approximate surface area is 149 Å². The molecule has 134 valence electrons. The maximum atomic E-state index is 11.8. The zero-order chi connectivity index (χ0) is 17.6. The molecule has 0 N–H and O–H groups in total.